The number of ether oxygens (including phenoxy) is 1. The lowest BCUT2D eigenvalue weighted by Gasteiger charge is -1.98. The van der Waals surface area contributed by atoms with Crippen LogP contribution in [-0.2, 0) is 9.53 Å². The van der Waals surface area contributed by atoms with Crippen molar-refractivity contribution in [3.8, 4) is 6.07 Å². The molecule has 1 atom stereocenters. The highest BCUT2D eigenvalue weighted by molar-refractivity contribution is 5.68. The summed E-state index contributed by atoms with van der Waals surface area (Å²) in [7, 11) is 0. The first-order valence-electron chi connectivity index (χ1n) is 2.40. The Bertz CT molecular complexity index is 138. The lowest BCUT2D eigenvalue weighted by Crippen LogP contribution is -2.13. The summed E-state index contributed by atoms with van der Waals surface area (Å²) in [6.07, 6.45) is -0.638. The smallest absolute Gasteiger partial charge is 0.329 e. The second-order valence-electron chi connectivity index (χ2n) is 1.48. The molecule has 0 aliphatic heterocycles. The number of carbonyl (C=O) groups is 1. The highest BCUT2D eigenvalue weighted by Gasteiger charge is 2.01. The van der Waals surface area contributed by atoms with E-state index in [9.17, 15) is 4.79 Å². The minimum absolute atomic E-state index is 0.408. The van der Waals surface area contributed by atoms with Crippen molar-refractivity contribution in [1.82, 2.24) is 0 Å². The number of hydrogen-bond donors (Lipinski definition) is 1. The van der Waals surface area contributed by atoms with Gasteiger partial charge in [0.15, 0.2) is 0 Å². The summed E-state index contributed by atoms with van der Waals surface area (Å²) in [5.41, 5.74) is 0. The zero-order valence-electron chi connectivity index (χ0n) is 5.00. The molecule has 0 aromatic carbocycles. The van der Waals surface area contributed by atoms with Gasteiger partial charge in [0.05, 0.1) is 6.07 Å². The molecule has 0 aliphatic carbocycles. The molecular weight excluding hydrogens is 122 g/mol. The third-order valence-corrected chi connectivity index (χ3v) is 0.639. The van der Waals surface area contributed by atoms with Crippen molar-refractivity contribution in [2.45, 2.75) is 13.0 Å². The number of aliphatic carboxylic acids is 1. The minimum Gasteiger partial charge on any atom is -0.480 e. The van der Waals surface area contributed by atoms with Crippen LogP contribution in [0.3, 0.4) is 0 Å². The second kappa shape index (κ2) is 3.87. The lowest BCUT2D eigenvalue weighted by atomic mass is 10.5. The average Bonchev–Trinajstić information content (AvgIpc) is 1.83. The van der Waals surface area contributed by atoms with Gasteiger partial charge in [-0.1, -0.05) is 0 Å². The maximum atomic E-state index is 9.79. The molecule has 0 aliphatic rings. The van der Waals surface area contributed by atoms with Gasteiger partial charge in [-0.3, -0.25) is 0 Å². The van der Waals surface area contributed by atoms with Crippen LogP contribution >= 0.6 is 0 Å². The van der Waals surface area contributed by atoms with Crippen LogP contribution in [0.15, 0.2) is 0 Å². The van der Waals surface area contributed by atoms with Crippen LogP contribution in [0.1, 0.15) is 6.92 Å². The van der Waals surface area contributed by atoms with Gasteiger partial charge >= 0.3 is 5.97 Å². The fraction of sp³-hybridized carbons (Fsp3) is 0.600. The standard InChI is InChI=1S/C5H7NO3/c1-4(2-6)9-3-5(7)8/h4H,3H2,1H3,(H,7,8). The van der Waals surface area contributed by atoms with Gasteiger partial charge in [-0.15, -0.1) is 0 Å². The Morgan fingerprint density at radius 1 is 2.00 bits per heavy atom. The number of carboxylic acids is 1. The molecule has 0 heterocycles. The maximum absolute atomic E-state index is 9.79. The number of nitriles is 1. The van der Waals surface area contributed by atoms with E-state index >= 15 is 0 Å². The third-order valence-electron chi connectivity index (χ3n) is 0.639. The Morgan fingerprint density at radius 3 is 2.89 bits per heavy atom. The summed E-state index contributed by atoms with van der Waals surface area (Å²) < 4.78 is 4.49. The number of carboxylic acid groups (broad SMARTS) is 1. The number of hydrogen-bond acceptors (Lipinski definition) is 3. The van der Waals surface area contributed by atoms with Gasteiger partial charge in [-0.2, -0.15) is 5.26 Å². The van der Waals surface area contributed by atoms with E-state index in [0.717, 1.165) is 0 Å². The quantitative estimate of drug-likeness (QED) is 0.582. The molecule has 0 bridgehead atoms. The monoisotopic (exact) mass is 129 g/mol. The highest BCUT2D eigenvalue weighted by atomic mass is 16.5. The Morgan fingerprint density at radius 2 is 2.56 bits per heavy atom. The van der Waals surface area contributed by atoms with E-state index in [2.05, 4.69) is 4.74 Å². The Labute approximate surface area is 52.7 Å². The van der Waals surface area contributed by atoms with E-state index < -0.39 is 18.7 Å². The summed E-state index contributed by atoms with van der Waals surface area (Å²) in [5, 5.41) is 16.1. The first kappa shape index (κ1) is 7.92. The minimum atomic E-state index is -1.06. The SMILES string of the molecule is CC(C#N)OCC(=O)O. The van der Waals surface area contributed by atoms with E-state index in [4.69, 9.17) is 10.4 Å². The fourth-order valence-corrected chi connectivity index (χ4v) is 0.234. The predicted molar refractivity (Wildman–Crippen MR) is 28.7 cm³/mol. The van der Waals surface area contributed by atoms with Crippen molar-refractivity contribution in [2.75, 3.05) is 6.61 Å². The summed E-state index contributed by atoms with van der Waals surface area (Å²) >= 11 is 0. The molecule has 0 spiro atoms. The second-order valence-corrected chi connectivity index (χ2v) is 1.48. The van der Waals surface area contributed by atoms with Crippen LogP contribution in [0.5, 0.6) is 0 Å². The highest BCUT2D eigenvalue weighted by Crippen LogP contribution is 1.85. The molecule has 4 nitrogen and oxygen atoms in total. The van der Waals surface area contributed by atoms with Crippen LogP contribution in [-0.4, -0.2) is 23.8 Å². The molecule has 50 valence electrons. The molecule has 4 heteroatoms. The van der Waals surface area contributed by atoms with E-state index in [1.165, 1.54) is 6.92 Å². The van der Waals surface area contributed by atoms with Crippen molar-refractivity contribution >= 4 is 5.97 Å². The average molecular weight is 129 g/mol. The van der Waals surface area contributed by atoms with E-state index in [1.807, 2.05) is 0 Å². The van der Waals surface area contributed by atoms with Crippen molar-refractivity contribution in [1.29, 1.82) is 5.26 Å². The van der Waals surface area contributed by atoms with Gasteiger partial charge in [-0.05, 0) is 6.92 Å². The van der Waals surface area contributed by atoms with Gasteiger partial charge < -0.3 is 9.84 Å². The summed E-state index contributed by atoms with van der Waals surface area (Å²) in [5.74, 6) is -1.06. The maximum Gasteiger partial charge on any atom is 0.329 e. The topological polar surface area (TPSA) is 70.3 Å². The zero-order valence-corrected chi connectivity index (χ0v) is 5.00. The van der Waals surface area contributed by atoms with Crippen molar-refractivity contribution < 1.29 is 14.6 Å². The van der Waals surface area contributed by atoms with Gasteiger partial charge in [0.2, 0.25) is 0 Å². The molecule has 0 fully saturated rings. The molecule has 0 rings (SSSR count). The number of nitrogens with zero attached hydrogens (tertiary/aromatic N) is 1. The van der Waals surface area contributed by atoms with Gasteiger partial charge in [0.25, 0.3) is 0 Å². The molecule has 9 heavy (non-hydrogen) atoms. The van der Waals surface area contributed by atoms with Gasteiger partial charge in [0.1, 0.15) is 12.7 Å². The lowest BCUT2D eigenvalue weighted by molar-refractivity contribution is -0.143. The summed E-state index contributed by atoms with van der Waals surface area (Å²) in [4.78, 5) is 9.79. The zero-order chi connectivity index (χ0) is 7.28. The molecule has 0 amide bonds. The summed E-state index contributed by atoms with van der Waals surface area (Å²) in [6, 6.07) is 1.73. The van der Waals surface area contributed by atoms with Crippen molar-refractivity contribution in [3.63, 3.8) is 0 Å². The van der Waals surface area contributed by atoms with E-state index in [1.54, 1.807) is 6.07 Å². The van der Waals surface area contributed by atoms with E-state index in [0.29, 0.717) is 0 Å². The Balaban J connectivity index is 3.30. The van der Waals surface area contributed by atoms with Crippen LogP contribution in [0.4, 0.5) is 0 Å². The molecule has 1 N–H and O–H groups in total. The van der Waals surface area contributed by atoms with E-state index in [-0.39, 0.29) is 0 Å². The van der Waals surface area contributed by atoms with Crippen molar-refractivity contribution in [3.05, 3.63) is 0 Å². The van der Waals surface area contributed by atoms with Crippen molar-refractivity contribution in [2.24, 2.45) is 0 Å². The molecule has 0 saturated heterocycles. The van der Waals surface area contributed by atoms with Gasteiger partial charge in [-0.25, -0.2) is 4.79 Å². The molecule has 0 saturated carbocycles. The third kappa shape index (κ3) is 4.78. The summed E-state index contributed by atoms with van der Waals surface area (Å²) in [6.45, 7) is 1.08. The van der Waals surface area contributed by atoms with Gasteiger partial charge in [0, 0.05) is 0 Å². The Kier molecular flexibility index (Phi) is 3.40. The molecule has 0 aromatic rings. The normalized spacial score (nSPS) is 12.0. The molecule has 0 aromatic heterocycles. The van der Waals surface area contributed by atoms with Crippen LogP contribution < -0.4 is 0 Å². The Hall–Kier alpha value is -1.08. The molecule has 0 radical (unpaired) electrons. The van der Waals surface area contributed by atoms with Crippen LogP contribution in [0.25, 0.3) is 0 Å². The number of rotatable bonds is 3. The molecular formula is C5H7NO3. The van der Waals surface area contributed by atoms with Crippen LogP contribution in [0.2, 0.25) is 0 Å². The first-order valence-corrected chi connectivity index (χ1v) is 2.40. The van der Waals surface area contributed by atoms with Crippen LogP contribution in [0, 0.1) is 11.3 Å². The molecule has 1 unspecified atom stereocenters. The first-order chi connectivity index (χ1) is 4.16. The fourth-order valence-electron chi connectivity index (χ4n) is 0.234. The largest absolute Gasteiger partial charge is 0.480 e. The predicted octanol–water partition coefficient (Wildman–Crippen LogP) is -0.000320.